The molecule has 2 atom stereocenters. The summed E-state index contributed by atoms with van der Waals surface area (Å²) < 4.78 is 30.8. The minimum Gasteiger partial charge on any atom is -0.351 e. The number of aromatic nitrogens is 1. The number of hydrogen-bond donors (Lipinski definition) is 2. The number of sulfonamides is 1. The number of halogens is 1. The van der Waals surface area contributed by atoms with Gasteiger partial charge in [0.15, 0.2) is 0 Å². The smallest absolute Gasteiger partial charge is 0.243 e. The molecule has 7 nitrogen and oxygen atoms in total. The number of nitrogens with zero attached hydrogens (tertiary/aromatic N) is 2. The molecule has 2 N–H and O–H groups in total. The summed E-state index contributed by atoms with van der Waals surface area (Å²) in [5.41, 5.74) is 2.90. The number of aryl methyl sites for hydroxylation is 2. The van der Waals surface area contributed by atoms with Crippen LogP contribution in [-0.2, 0) is 21.4 Å². The number of nitrogens with one attached hydrogen (secondary N) is 2. The molecular weight excluding hydrogens is 472 g/mol. The SMILES string of the molecule is Cc1ccc(CNC(=O)C(CC(C)n2cccc2C#N)NS(=O)(=O)c2c(C)cccc2Cl)cc1. The summed E-state index contributed by atoms with van der Waals surface area (Å²) in [5, 5.41) is 12.3. The highest BCUT2D eigenvalue weighted by Crippen LogP contribution is 2.26. The zero-order chi connectivity index (χ0) is 24.9. The van der Waals surface area contributed by atoms with Gasteiger partial charge in [-0.3, -0.25) is 4.79 Å². The largest absolute Gasteiger partial charge is 0.351 e. The highest BCUT2D eigenvalue weighted by molar-refractivity contribution is 7.89. The maximum atomic E-state index is 13.3. The van der Waals surface area contributed by atoms with E-state index in [1.165, 1.54) is 6.07 Å². The van der Waals surface area contributed by atoms with Crippen molar-refractivity contribution in [1.29, 1.82) is 5.26 Å². The lowest BCUT2D eigenvalue weighted by Crippen LogP contribution is -2.47. The normalized spacial score (nSPS) is 13.1. The molecule has 2 aromatic carbocycles. The van der Waals surface area contributed by atoms with E-state index < -0.39 is 22.0 Å². The van der Waals surface area contributed by atoms with E-state index in [1.807, 2.05) is 38.1 Å². The number of hydrogen-bond acceptors (Lipinski definition) is 4. The van der Waals surface area contributed by atoms with Crippen molar-refractivity contribution in [3.05, 3.63) is 88.2 Å². The van der Waals surface area contributed by atoms with Gasteiger partial charge in [0.25, 0.3) is 0 Å². The van der Waals surface area contributed by atoms with Crippen LogP contribution in [0.5, 0.6) is 0 Å². The van der Waals surface area contributed by atoms with Crippen LogP contribution in [-0.4, -0.2) is 24.9 Å². The summed E-state index contributed by atoms with van der Waals surface area (Å²) >= 11 is 6.20. The van der Waals surface area contributed by atoms with Crippen LogP contribution in [0.1, 0.15) is 41.8 Å². The Balaban J connectivity index is 1.86. The zero-order valence-electron chi connectivity index (χ0n) is 19.2. The summed E-state index contributed by atoms with van der Waals surface area (Å²) in [5.74, 6) is -0.466. The first kappa shape index (κ1) is 25.5. The first-order chi connectivity index (χ1) is 16.1. The third-order valence-corrected chi connectivity index (χ3v) is 7.68. The number of carbonyl (C=O) groups excluding carboxylic acids is 1. The van der Waals surface area contributed by atoms with E-state index in [4.69, 9.17) is 11.6 Å². The first-order valence-electron chi connectivity index (χ1n) is 10.8. The maximum absolute atomic E-state index is 13.3. The Kier molecular flexibility index (Phi) is 8.15. The van der Waals surface area contributed by atoms with Crippen molar-refractivity contribution in [3.8, 4) is 6.07 Å². The molecule has 0 aliphatic carbocycles. The van der Waals surface area contributed by atoms with Crippen LogP contribution in [0, 0.1) is 25.2 Å². The molecule has 9 heteroatoms. The molecule has 1 aromatic heterocycles. The minimum atomic E-state index is -4.10. The van der Waals surface area contributed by atoms with E-state index >= 15 is 0 Å². The van der Waals surface area contributed by atoms with Gasteiger partial charge in [-0.25, -0.2) is 8.42 Å². The minimum absolute atomic E-state index is 0.0562. The molecular formula is C25H27ClN4O3S. The van der Waals surface area contributed by atoms with Gasteiger partial charge >= 0.3 is 0 Å². The Morgan fingerprint density at radius 2 is 1.82 bits per heavy atom. The summed E-state index contributed by atoms with van der Waals surface area (Å²) in [6.07, 6.45) is 1.86. The predicted octanol–water partition coefficient (Wildman–Crippen LogP) is 4.24. The second-order valence-electron chi connectivity index (χ2n) is 8.26. The number of nitriles is 1. The predicted molar refractivity (Wildman–Crippen MR) is 132 cm³/mol. The van der Waals surface area contributed by atoms with Crippen molar-refractivity contribution < 1.29 is 13.2 Å². The molecule has 2 unspecified atom stereocenters. The standard InChI is InChI=1S/C25H27ClN4O3S/c1-17-9-11-20(12-10-17)16-28-25(31)23(14-19(3)30-13-5-7-21(30)15-27)29-34(32,33)24-18(2)6-4-8-22(24)26/h4-13,19,23,29H,14,16H2,1-3H3,(H,28,31). The van der Waals surface area contributed by atoms with Crippen LogP contribution in [0.4, 0.5) is 0 Å². The van der Waals surface area contributed by atoms with Crippen molar-refractivity contribution in [2.75, 3.05) is 0 Å². The average Bonchev–Trinajstić information content (AvgIpc) is 3.26. The van der Waals surface area contributed by atoms with E-state index in [0.717, 1.165) is 11.1 Å². The Labute approximate surface area is 205 Å². The van der Waals surface area contributed by atoms with E-state index in [9.17, 15) is 18.5 Å². The highest BCUT2D eigenvalue weighted by atomic mass is 35.5. The van der Waals surface area contributed by atoms with Crippen LogP contribution >= 0.6 is 11.6 Å². The Morgan fingerprint density at radius 1 is 1.12 bits per heavy atom. The maximum Gasteiger partial charge on any atom is 0.243 e. The third-order valence-electron chi connectivity index (χ3n) is 5.58. The molecule has 0 fully saturated rings. The fraction of sp³-hybridized carbons (Fsp3) is 0.280. The Bertz CT molecular complexity index is 1290. The summed E-state index contributed by atoms with van der Waals surface area (Å²) in [6.45, 7) is 5.70. The lowest BCUT2D eigenvalue weighted by Gasteiger charge is -2.24. The molecule has 0 spiro atoms. The van der Waals surface area contributed by atoms with E-state index in [1.54, 1.807) is 42.0 Å². The molecule has 0 radical (unpaired) electrons. The summed E-state index contributed by atoms with van der Waals surface area (Å²) in [7, 11) is -4.10. The van der Waals surface area contributed by atoms with Gasteiger partial charge in [0, 0.05) is 18.8 Å². The molecule has 3 aromatic rings. The van der Waals surface area contributed by atoms with E-state index in [-0.39, 0.29) is 28.9 Å². The molecule has 3 rings (SSSR count). The van der Waals surface area contributed by atoms with Gasteiger partial charge < -0.3 is 9.88 Å². The van der Waals surface area contributed by atoms with Crippen molar-refractivity contribution >= 4 is 27.5 Å². The van der Waals surface area contributed by atoms with Crippen molar-refractivity contribution in [1.82, 2.24) is 14.6 Å². The monoisotopic (exact) mass is 498 g/mol. The van der Waals surface area contributed by atoms with Gasteiger partial charge in [-0.2, -0.15) is 9.98 Å². The number of rotatable bonds is 9. The number of amides is 1. The Hall–Kier alpha value is -3.12. The summed E-state index contributed by atoms with van der Waals surface area (Å²) in [4.78, 5) is 13.1. The number of benzene rings is 2. The van der Waals surface area contributed by atoms with Gasteiger partial charge in [0.2, 0.25) is 15.9 Å². The Morgan fingerprint density at radius 3 is 2.47 bits per heavy atom. The van der Waals surface area contributed by atoms with Crippen LogP contribution < -0.4 is 10.0 Å². The van der Waals surface area contributed by atoms with Crippen LogP contribution in [0.25, 0.3) is 0 Å². The van der Waals surface area contributed by atoms with Crippen LogP contribution in [0.15, 0.2) is 65.7 Å². The fourth-order valence-electron chi connectivity index (χ4n) is 3.76. The van der Waals surface area contributed by atoms with Gasteiger partial charge in [0.05, 0.1) is 5.02 Å². The topological polar surface area (TPSA) is 104 Å². The number of carbonyl (C=O) groups is 1. The lowest BCUT2D eigenvalue weighted by molar-refractivity contribution is -0.123. The third kappa shape index (κ3) is 6.06. The molecule has 34 heavy (non-hydrogen) atoms. The molecule has 0 saturated carbocycles. The van der Waals surface area contributed by atoms with Gasteiger partial charge in [-0.1, -0.05) is 53.6 Å². The summed E-state index contributed by atoms with van der Waals surface area (Å²) in [6, 6.07) is 16.6. The molecule has 0 saturated heterocycles. The second-order valence-corrected chi connectivity index (χ2v) is 10.3. The molecule has 0 aliphatic heterocycles. The van der Waals surface area contributed by atoms with Gasteiger partial charge in [-0.15, -0.1) is 0 Å². The van der Waals surface area contributed by atoms with Gasteiger partial charge in [-0.05, 0) is 56.5 Å². The molecule has 1 heterocycles. The molecule has 0 bridgehead atoms. The van der Waals surface area contributed by atoms with Crippen molar-refractivity contribution in [2.45, 2.75) is 50.7 Å². The van der Waals surface area contributed by atoms with Crippen molar-refractivity contribution in [2.24, 2.45) is 0 Å². The lowest BCUT2D eigenvalue weighted by atomic mass is 10.1. The molecule has 178 valence electrons. The quantitative estimate of drug-likeness (QED) is 0.460. The van der Waals surface area contributed by atoms with Crippen LogP contribution in [0.2, 0.25) is 5.02 Å². The van der Waals surface area contributed by atoms with E-state index in [2.05, 4.69) is 16.1 Å². The molecule has 1 amide bonds. The van der Waals surface area contributed by atoms with Crippen LogP contribution in [0.3, 0.4) is 0 Å². The van der Waals surface area contributed by atoms with Gasteiger partial charge in [0.1, 0.15) is 22.7 Å². The second kappa shape index (κ2) is 10.9. The average molecular weight is 499 g/mol. The zero-order valence-corrected chi connectivity index (χ0v) is 20.8. The van der Waals surface area contributed by atoms with Crippen molar-refractivity contribution in [3.63, 3.8) is 0 Å². The van der Waals surface area contributed by atoms with E-state index in [0.29, 0.717) is 11.3 Å². The first-order valence-corrected chi connectivity index (χ1v) is 12.7. The fourth-order valence-corrected chi connectivity index (χ4v) is 5.80. The molecule has 0 aliphatic rings. The highest BCUT2D eigenvalue weighted by Gasteiger charge is 2.30.